The van der Waals surface area contributed by atoms with E-state index in [0.29, 0.717) is 25.4 Å². The molecule has 2 saturated heterocycles. The molecule has 6 nitrogen and oxygen atoms in total. The van der Waals surface area contributed by atoms with Crippen LogP contribution in [0.5, 0.6) is 5.75 Å². The molecule has 1 amide bonds. The van der Waals surface area contributed by atoms with Crippen molar-refractivity contribution in [2.45, 2.75) is 30.4 Å². The topological polar surface area (TPSA) is 55.7 Å². The number of hydrogen-bond acceptors (Lipinski definition) is 4. The number of nitrogens with one attached hydrogen (secondary N) is 1. The van der Waals surface area contributed by atoms with E-state index in [2.05, 4.69) is 52.5 Å². The quantitative estimate of drug-likeness (QED) is 0.657. The van der Waals surface area contributed by atoms with Gasteiger partial charge in [0.2, 0.25) is 0 Å². The fourth-order valence-electron chi connectivity index (χ4n) is 5.54. The number of likely N-dealkylation sites (tertiary alicyclic amines) is 1. The van der Waals surface area contributed by atoms with E-state index in [0.717, 1.165) is 30.6 Å². The van der Waals surface area contributed by atoms with Gasteiger partial charge in [-0.2, -0.15) is 0 Å². The predicted molar refractivity (Wildman–Crippen MR) is 122 cm³/mol. The number of rotatable bonds is 3. The third kappa shape index (κ3) is 3.47. The summed E-state index contributed by atoms with van der Waals surface area (Å²) in [5, 5.41) is 3.79. The normalized spacial score (nSPS) is 22.6. The van der Waals surface area contributed by atoms with E-state index < -0.39 is 0 Å². The molecule has 33 heavy (non-hydrogen) atoms. The summed E-state index contributed by atoms with van der Waals surface area (Å²) in [6.45, 7) is 1.76. The molecule has 1 N–H and O–H groups in total. The number of fused-ring (bicyclic) bond motifs is 4. The van der Waals surface area contributed by atoms with Crippen molar-refractivity contribution in [1.29, 1.82) is 0 Å². The molecular weight excluding hydrogens is 421 g/mol. The van der Waals surface area contributed by atoms with E-state index in [4.69, 9.17) is 9.47 Å². The first kappa shape index (κ1) is 20.3. The lowest BCUT2D eigenvalue weighted by molar-refractivity contribution is -0.138. The molecule has 7 heteroatoms. The van der Waals surface area contributed by atoms with Crippen molar-refractivity contribution in [2.75, 3.05) is 31.6 Å². The molecular formula is C26H26FN3O3. The Morgan fingerprint density at radius 2 is 1.94 bits per heavy atom. The number of aromatic nitrogens is 1. The molecule has 170 valence electrons. The fraction of sp³-hybridized carbons (Fsp3) is 0.346. The molecule has 0 saturated carbocycles. The van der Waals surface area contributed by atoms with Crippen molar-refractivity contribution in [3.05, 3.63) is 78.4 Å². The Bertz CT molecular complexity index is 1200. The number of carbonyl (C=O) groups excluding carboxylic acids is 1. The van der Waals surface area contributed by atoms with Gasteiger partial charge in [-0.15, -0.1) is 0 Å². The zero-order valence-corrected chi connectivity index (χ0v) is 18.3. The van der Waals surface area contributed by atoms with Crippen LogP contribution in [0.2, 0.25) is 0 Å². The number of amides is 1. The van der Waals surface area contributed by atoms with E-state index in [1.807, 2.05) is 4.90 Å². The van der Waals surface area contributed by atoms with Crippen molar-refractivity contribution in [3.8, 4) is 11.4 Å². The van der Waals surface area contributed by atoms with Crippen LogP contribution < -0.4 is 10.1 Å². The number of benzene rings is 2. The lowest BCUT2D eigenvalue weighted by Gasteiger charge is -2.41. The largest absolute Gasteiger partial charge is 0.484 e. The molecule has 6 rings (SSSR count). The van der Waals surface area contributed by atoms with Crippen LogP contribution in [-0.4, -0.2) is 47.3 Å². The van der Waals surface area contributed by atoms with Crippen LogP contribution in [-0.2, 0) is 15.1 Å². The minimum atomic E-state index is -0.378. The Morgan fingerprint density at radius 1 is 1.09 bits per heavy atom. The first-order valence-electron chi connectivity index (χ1n) is 11.4. The van der Waals surface area contributed by atoms with Gasteiger partial charge in [0.25, 0.3) is 5.91 Å². The van der Waals surface area contributed by atoms with Crippen LogP contribution >= 0.6 is 0 Å². The fourth-order valence-corrected chi connectivity index (χ4v) is 5.54. The van der Waals surface area contributed by atoms with Gasteiger partial charge in [0.05, 0.1) is 29.3 Å². The standard InChI is InChI=1S/C26H26FN3O3/c27-19-5-3-6-20(15-19)32-16-24(31)29-13-10-25(11-14-29)17-26(18-33-25)23-9-4-12-30(23)22-8-2-1-7-21(22)28-26/h1-9,12,15,28H,10-11,13-14,16-18H2. The number of nitrogens with zero attached hydrogens (tertiary/aromatic N) is 2. The summed E-state index contributed by atoms with van der Waals surface area (Å²) in [4.78, 5) is 14.5. The maximum atomic E-state index is 13.3. The first-order valence-corrected chi connectivity index (χ1v) is 11.4. The number of halogens is 1. The molecule has 2 spiro atoms. The minimum Gasteiger partial charge on any atom is -0.484 e. The smallest absolute Gasteiger partial charge is 0.260 e. The number of piperidine rings is 1. The minimum absolute atomic E-state index is 0.0829. The van der Waals surface area contributed by atoms with Gasteiger partial charge in [0.15, 0.2) is 6.61 Å². The molecule has 1 atom stereocenters. The lowest BCUT2D eigenvalue weighted by atomic mass is 9.79. The van der Waals surface area contributed by atoms with Gasteiger partial charge in [-0.3, -0.25) is 4.79 Å². The van der Waals surface area contributed by atoms with Crippen molar-refractivity contribution in [1.82, 2.24) is 9.47 Å². The van der Waals surface area contributed by atoms with E-state index >= 15 is 0 Å². The maximum absolute atomic E-state index is 13.3. The van der Waals surface area contributed by atoms with Gasteiger partial charge < -0.3 is 24.3 Å². The summed E-state index contributed by atoms with van der Waals surface area (Å²) < 4.78 is 27.6. The lowest BCUT2D eigenvalue weighted by Crippen LogP contribution is -2.49. The van der Waals surface area contributed by atoms with Crippen LogP contribution in [0.4, 0.5) is 10.1 Å². The summed E-state index contributed by atoms with van der Waals surface area (Å²) in [5.74, 6) is -0.0952. The van der Waals surface area contributed by atoms with E-state index in [9.17, 15) is 9.18 Å². The summed E-state index contributed by atoms with van der Waals surface area (Å²) >= 11 is 0. The van der Waals surface area contributed by atoms with Crippen LogP contribution in [0.3, 0.4) is 0 Å². The van der Waals surface area contributed by atoms with Gasteiger partial charge in [-0.05, 0) is 49.2 Å². The molecule has 0 radical (unpaired) electrons. The molecule has 1 aromatic heterocycles. The monoisotopic (exact) mass is 447 g/mol. The van der Waals surface area contributed by atoms with Crippen LogP contribution in [0.15, 0.2) is 66.9 Å². The number of para-hydroxylation sites is 2. The maximum Gasteiger partial charge on any atom is 0.260 e. The van der Waals surface area contributed by atoms with Crippen LogP contribution in [0.1, 0.15) is 25.0 Å². The Labute approximate surface area is 191 Å². The van der Waals surface area contributed by atoms with E-state index in [-0.39, 0.29) is 29.5 Å². The summed E-state index contributed by atoms with van der Waals surface area (Å²) in [6.07, 6.45) is 4.54. The Hall–Kier alpha value is -3.32. The van der Waals surface area contributed by atoms with Gasteiger partial charge in [0, 0.05) is 31.8 Å². The molecule has 3 aliphatic heterocycles. The zero-order chi connectivity index (χ0) is 22.5. The van der Waals surface area contributed by atoms with Crippen LogP contribution in [0, 0.1) is 5.82 Å². The Kier molecular flexibility index (Phi) is 4.69. The molecule has 1 unspecified atom stereocenters. The average Bonchev–Trinajstić information content (AvgIpc) is 3.45. The number of anilines is 1. The SMILES string of the molecule is O=C(COc1cccc(F)c1)N1CCC2(CC1)CC1(CO2)Nc2ccccc2-n2cccc21. The van der Waals surface area contributed by atoms with Crippen molar-refractivity contribution in [3.63, 3.8) is 0 Å². The highest BCUT2D eigenvalue weighted by molar-refractivity contribution is 5.78. The van der Waals surface area contributed by atoms with Gasteiger partial charge >= 0.3 is 0 Å². The summed E-state index contributed by atoms with van der Waals surface area (Å²) in [5.41, 5.74) is 2.96. The van der Waals surface area contributed by atoms with Gasteiger partial charge in [-0.1, -0.05) is 18.2 Å². The molecule has 4 heterocycles. The number of ether oxygens (including phenoxy) is 2. The van der Waals surface area contributed by atoms with Crippen molar-refractivity contribution >= 4 is 11.6 Å². The molecule has 2 fully saturated rings. The molecule has 3 aromatic rings. The Balaban J connectivity index is 1.12. The molecule has 2 aromatic carbocycles. The first-order chi connectivity index (χ1) is 16.1. The van der Waals surface area contributed by atoms with E-state index in [1.54, 1.807) is 12.1 Å². The molecule has 0 bridgehead atoms. The third-order valence-corrected chi connectivity index (χ3v) is 7.21. The highest BCUT2D eigenvalue weighted by Gasteiger charge is 2.54. The zero-order valence-electron chi connectivity index (χ0n) is 18.3. The highest BCUT2D eigenvalue weighted by atomic mass is 19.1. The second-order valence-corrected chi connectivity index (χ2v) is 9.26. The number of carbonyl (C=O) groups is 1. The second-order valence-electron chi connectivity index (χ2n) is 9.26. The summed E-state index contributed by atoms with van der Waals surface area (Å²) in [6, 6.07) is 18.5. The molecule has 3 aliphatic rings. The Morgan fingerprint density at radius 3 is 2.79 bits per heavy atom. The van der Waals surface area contributed by atoms with E-state index in [1.165, 1.54) is 17.8 Å². The average molecular weight is 448 g/mol. The summed E-state index contributed by atoms with van der Waals surface area (Å²) in [7, 11) is 0. The highest BCUT2D eigenvalue weighted by Crippen LogP contribution is 2.50. The third-order valence-electron chi connectivity index (χ3n) is 7.21. The molecule has 0 aliphatic carbocycles. The van der Waals surface area contributed by atoms with Gasteiger partial charge in [-0.25, -0.2) is 4.39 Å². The second kappa shape index (κ2) is 7.63. The van der Waals surface area contributed by atoms with Crippen molar-refractivity contribution in [2.24, 2.45) is 0 Å². The van der Waals surface area contributed by atoms with Crippen LogP contribution in [0.25, 0.3) is 5.69 Å². The van der Waals surface area contributed by atoms with Crippen molar-refractivity contribution < 1.29 is 18.7 Å². The van der Waals surface area contributed by atoms with Gasteiger partial charge in [0.1, 0.15) is 17.1 Å². The number of hydrogen-bond donors (Lipinski definition) is 1. The predicted octanol–water partition coefficient (Wildman–Crippen LogP) is 4.10.